The third-order valence-corrected chi connectivity index (χ3v) is 15.0. The van der Waals surface area contributed by atoms with Crippen molar-refractivity contribution < 1.29 is 22.5 Å². The van der Waals surface area contributed by atoms with Gasteiger partial charge in [-0.25, -0.2) is 0 Å². The lowest BCUT2D eigenvalue weighted by atomic mass is 10.2. The molecule has 0 aromatic heterocycles. The largest absolute Gasteiger partial charge is 0.518 e. The topological polar surface area (TPSA) is 54.0 Å². The van der Waals surface area contributed by atoms with E-state index >= 15 is 0 Å². The van der Waals surface area contributed by atoms with Crippen LogP contribution < -0.4 is 0 Å². The molecule has 31 heavy (non-hydrogen) atoms. The molecule has 0 aliphatic carbocycles. The molecule has 0 bridgehead atoms. The average molecular weight is 477 g/mol. The van der Waals surface area contributed by atoms with Crippen LogP contribution in [0.3, 0.4) is 0 Å². The van der Waals surface area contributed by atoms with Crippen molar-refractivity contribution in [2.75, 3.05) is 19.8 Å². The molecule has 0 aromatic rings. The number of carbonyl (C=O) groups excluding carboxylic acids is 1. The van der Waals surface area contributed by atoms with E-state index in [-0.39, 0.29) is 16.9 Å². The van der Waals surface area contributed by atoms with Gasteiger partial charge in [0.05, 0.1) is 5.92 Å². The van der Waals surface area contributed by atoms with Crippen LogP contribution in [0.25, 0.3) is 0 Å². The molecule has 5 nitrogen and oxygen atoms in total. The van der Waals surface area contributed by atoms with Gasteiger partial charge in [-0.1, -0.05) is 80.1 Å². The summed E-state index contributed by atoms with van der Waals surface area (Å²) in [6.07, 6.45) is 7.03. The van der Waals surface area contributed by atoms with Gasteiger partial charge in [-0.15, -0.1) is 0 Å². The van der Waals surface area contributed by atoms with Gasteiger partial charge in [0.25, 0.3) is 14.3 Å². The number of carbonyl (C=O) groups is 1. The molecule has 0 N–H and O–H groups in total. The van der Waals surface area contributed by atoms with Crippen LogP contribution in [-0.2, 0) is 22.5 Å². The Morgan fingerprint density at radius 3 is 1.52 bits per heavy atom. The number of unbranched alkanes of at least 4 members (excludes halogenated alkanes) is 4. The number of hydrogen-bond donors (Lipinski definition) is 0. The molecule has 0 aliphatic heterocycles. The first-order chi connectivity index (χ1) is 14.6. The normalized spacial score (nSPS) is 14.0. The molecule has 0 saturated heterocycles. The lowest BCUT2D eigenvalue weighted by Crippen LogP contribution is -2.51. The number of hydrogen-bond acceptors (Lipinski definition) is 5. The summed E-state index contributed by atoms with van der Waals surface area (Å²) < 4.78 is 24.5. The lowest BCUT2D eigenvalue weighted by Gasteiger charge is -2.43. The molecule has 0 radical (unpaired) electrons. The first-order valence-electron chi connectivity index (χ1n) is 12.7. The predicted octanol–water partition coefficient (Wildman–Crippen LogP) is 7.34. The Kier molecular flexibility index (Phi) is 15.5. The van der Waals surface area contributed by atoms with E-state index in [0.717, 1.165) is 24.9 Å². The minimum Gasteiger partial charge on any atom is -0.518 e. The molecule has 0 aliphatic rings. The van der Waals surface area contributed by atoms with Crippen LogP contribution in [0.1, 0.15) is 101 Å². The maximum Gasteiger partial charge on any atom is 0.501 e. The smallest absolute Gasteiger partial charge is 0.501 e. The van der Waals surface area contributed by atoms with Gasteiger partial charge in [-0.2, -0.15) is 0 Å². The lowest BCUT2D eigenvalue weighted by molar-refractivity contribution is -0.139. The van der Waals surface area contributed by atoms with Gasteiger partial charge < -0.3 is 17.7 Å². The minimum atomic E-state index is -2.89. The minimum absolute atomic E-state index is 0.0120. The number of rotatable bonds is 18. The van der Waals surface area contributed by atoms with Gasteiger partial charge in [-0.05, 0) is 37.9 Å². The summed E-state index contributed by atoms with van der Waals surface area (Å²) in [4.78, 5) is 13.4. The highest BCUT2D eigenvalue weighted by molar-refractivity contribution is 6.78. The Hall–Kier alpha value is -0.216. The Morgan fingerprint density at radius 2 is 1.19 bits per heavy atom. The Bertz CT molecular complexity index is 452. The maximum atomic E-state index is 13.4. The van der Waals surface area contributed by atoms with Crippen LogP contribution in [-0.4, -0.2) is 42.9 Å². The van der Waals surface area contributed by atoms with Crippen LogP contribution in [0, 0.1) is 5.92 Å². The molecule has 0 spiro atoms. The SMILES string of the molecule is CCCCC[Si](CCCCC)(OC(=O)C(C)C[Si](OCC)(OCC)OCC)C(C)(C)C. The van der Waals surface area contributed by atoms with E-state index < -0.39 is 17.1 Å². The van der Waals surface area contributed by atoms with Gasteiger partial charge in [0.15, 0.2) is 0 Å². The van der Waals surface area contributed by atoms with E-state index in [1.54, 1.807) is 0 Å². The molecule has 1 unspecified atom stereocenters. The fraction of sp³-hybridized carbons (Fsp3) is 0.958. The fourth-order valence-corrected chi connectivity index (χ4v) is 11.5. The highest BCUT2D eigenvalue weighted by atomic mass is 28.4. The second-order valence-electron chi connectivity index (χ2n) is 9.67. The van der Waals surface area contributed by atoms with E-state index in [1.165, 1.54) is 25.7 Å². The van der Waals surface area contributed by atoms with Crippen LogP contribution in [0.15, 0.2) is 0 Å². The monoisotopic (exact) mass is 476 g/mol. The maximum absolute atomic E-state index is 13.4. The van der Waals surface area contributed by atoms with Crippen molar-refractivity contribution >= 4 is 23.1 Å². The highest BCUT2D eigenvalue weighted by Gasteiger charge is 2.50. The average Bonchev–Trinajstić information content (AvgIpc) is 2.67. The summed E-state index contributed by atoms with van der Waals surface area (Å²) in [5, 5.41) is 0.0120. The van der Waals surface area contributed by atoms with E-state index in [1.807, 2.05) is 27.7 Å². The highest BCUT2D eigenvalue weighted by Crippen LogP contribution is 2.45. The van der Waals surface area contributed by atoms with E-state index in [4.69, 9.17) is 17.7 Å². The van der Waals surface area contributed by atoms with E-state index in [0.29, 0.717) is 25.9 Å². The van der Waals surface area contributed by atoms with Crippen LogP contribution in [0.4, 0.5) is 0 Å². The van der Waals surface area contributed by atoms with Gasteiger partial charge in [-0.3, -0.25) is 4.79 Å². The third-order valence-electron chi connectivity index (χ3n) is 6.08. The van der Waals surface area contributed by atoms with Crippen molar-refractivity contribution in [2.24, 2.45) is 5.92 Å². The van der Waals surface area contributed by atoms with Gasteiger partial charge in [0, 0.05) is 25.9 Å². The van der Waals surface area contributed by atoms with Crippen LogP contribution in [0.2, 0.25) is 23.2 Å². The Morgan fingerprint density at radius 1 is 0.774 bits per heavy atom. The quantitative estimate of drug-likeness (QED) is 0.153. The Balaban J connectivity index is 5.64. The van der Waals surface area contributed by atoms with Crippen molar-refractivity contribution in [3.8, 4) is 0 Å². The summed E-state index contributed by atoms with van der Waals surface area (Å²) in [6.45, 7) is 20.6. The van der Waals surface area contributed by atoms with Crippen molar-refractivity contribution in [3.63, 3.8) is 0 Å². The van der Waals surface area contributed by atoms with E-state index in [9.17, 15) is 4.79 Å². The molecule has 0 rings (SSSR count). The third kappa shape index (κ3) is 10.5. The second-order valence-corrected chi connectivity index (χ2v) is 17.0. The van der Waals surface area contributed by atoms with Crippen molar-refractivity contribution in [1.82, 2.24) is 0 Å². The summed E-state index contributed by atoms with van der Waals surface area (Å²) >= 11 is 0. The molecule has 0 heterocycles. The molecule has 0 fully saturated rings. The summed E-state index contributed by atoms with van der Waals surface area (Å²) in [6, 6.07) is 2.58. The van der Waals surface area contributed by atoms with Crippen LogP contribution in [0.5, 0.6) is 0 Å². The molecule has 7 heteroatoms. The first kappa shape index (κ1) is 30.8. The van der Waals surface area contributed by atoms with Crippen molar-refractivity contribution in [2.45, 2.75) is 124 Å². The Labute approximate surface area is 195 Å². The van der Waals surface area contributed by atoms with Gasteiger partial charge in [0.1, 0.15) is 0 Å². The van der Waals surface area contributed by atoms with Crippen molar-refractivity contribution in [1.29, 1.82) is 0 Å². The van der Waals surface area contributed by atoms with Gasteiger partial charge >= 0.3 is 8.80 Å². The zero-order valence-electron chi connectivity index (χ0n) is 22.1. The molecule has 0 amide bonds. The molecule has 1 atom stereocenters. The molecular weight excluding hydrogens is 424 g/mol. The molecular formula is C24H52O5Si2. The van der Waals surface area contributed by atoms with Crippen molar-refractivity contribution in [3.05, 3.63) is 0 Å². The second kappa shape index (κ2) is 15.6. The molecule has 186 valence electrons. The first-order valence-corrected chi connectivity index (χ1v) is 17.0. The molecule has 0 aromatic carbocycles. The molecule has 0 saturated carbocycles. The zero-order valence-corrected chi connectivity index (χ0v) is 24.1. The van der Waals surface area contributed by atoms with Gasteiger partial charge in [0.2, 0.25) is 0 Å². The summed E-state index contributed by atoms with van der Waals surface area (Å²) in [5.41, 5.74) is 0. The van der Waals surface area contributed by atoms with Crippen LogP contribution >= 0.6 is 0 Å². The zero-order chi connectivity index (χ0) is 24.0. The standard InChI is InChI=1S/C24H52O5Si2/c1-10-15-17-19-30(24(7,8)9,20-18-16-11-2)29-23(25)22(6)21-31(26-12-3,27-13-4)28-14-5/h22H,10-21H2,1-9H3. The summed E-state index contributed by atoms with van der Waals surface area (Å²) in [5.74, 6) is -0.395. The summed E-state index contributed by atoms with van der Waals surface area (Å²) in [7, 11) is -5.18. The predicted molar refractivity (Wildman–Crippen MR) is 135 cm³/mol. The van der Waals surface area contributed by atoms with E-state index in [2.05, 4.69) is 34.6 Å². The fourth-order valence-electron chi connectivity index (χ4n) is 4.16.